The van der Waals surface area contributed by atoms with Gasteiger partial charge in [-0.1, -0.05) is 18.2 Å². The summed E-state index contributed by atoms with van der Waals surface area (Å²) < 4.78 is 44.5. The van der Waals surface area contributed by atoms with Crippen LogP contribution in [0.4, 0.5) is 18.9 Å². The first kappa shape index (κ1) is 15.7. The van der Waals surface area contributed by atoms with E-state index in [1.807, 2.05) is 0 Å². The van der Waals surface area contributed by atoms with E-state index in [0.29, 0.717) is 5.69 Å². The summed E-state index contributed by atoms with van der Waals surface area (Å²) in [6, 6.07) is 8.03. The maximum Gasteiger partial charge on any atom is 0.417 e. The van der Waals surface area contributed by atoms with E-state index in [0.717, 1.165) is 12.5 Å². The van der Waals surface area contributed by atoms with Gasteiger partial charge in [0.15, 0.2) is 17.8 Å². The lowest BCUT2D eigenvalue weighted by Gasteiger charge is -2.11. The Morgan fingerprint density at radius 3 is 2.62 bits per heavy atom. The molecule has 0 aliphatic rings. The number of hydrogen-bond donors (Lipinski definition) is 1. The Morgan fingerprint density at radius 2 is 1.92 bits per heavy atom. The Morgan fingerprint density at radius 1 is 1.12 bits per heavy atom. The molecule has 0 aliphatic heterocycles. The molecule has 1 N–H and O–H groups in total. The van der Waals surface area contributed by atoms with Crippen molar-refractivity contribution in [1.82, 2.24) is 9.97 Å². The third-order valence-electron chi connectivity index (χ3n) is 3.18. The van der Waals surface area contributed by atoms with Crippen molar-refractivity contribution >= 4 is 11.6 Å². The highest BCUT2D eigenvalue weighted by Crippen LogP contribution is 2.38. The SMILES string of the molecule is O=C(Nc1cccnc1)c1ncoc1-c1ccccc1C(F)(F)F. The van der Waals surface area contributed by atoms with Crippen LogP contribution < -0.4 is 5.32 Å². The molecule has 8 heteroatoms. The number of carbonyl (C=O) groups is 1. The van der Waals surface area contributed by atoms with E-state index in [2.05, 4.69) is 15.3 Å². The Hall–Kier alpha value is -3.16. The van der Waals surface area contributed by atoms with Gasteiger partial charge < -0.3 is 9.73 Å². The molecule has 0 saturated heterocycles. The standard InChI is InChI=1S/C16H10F3N3O2/c17-16(18,19)12-6-2-1-5-11(12)14-13(21-9-24-14)15(23)22-10-4-3-7-20-8-10/h1-9H,(H,22,23). The number of hydrogen-bond acceptors (Lipinski definition) is 4. The lowest BCUT2D eigenvalue weighted by Crippen LogP contribution is -2.14. The van der Waals surface area contributed by atoms with E-state index in [4.69, 9.17) is 4.42 Å². The summed E-state index contributed by atoms with van der Waals surface area (Å²) in [5.41, 5.74) is -1.01. The predicted octanol–water partition coefficient (Wildman–Crippen LogP) is 4.01. The molecule has 1 amide bonds. The minimum Gasteiger partial charge on any atom is -0.443 e. The molecule has 122 valence electrons. The quantitative estimate of drug-likeness (QED) is 0.786. The Labute approximate surface area is 134 Å². The van der Waals surface area contributed by atoms with Gasteiger partial charge in [-0.05, 0) is 18.2 Å². The highest BCUT2D eigenvalue weighted by Gasteiger charge is 2.35. The maximum absolute atomic E-state index is 13.1. The molecular weight excluding hydrogens is 323 g/mol. The van der Waals surface area contributed by atoms with Crippen LogP contribution in [0.3, 0.4) is 0 Å². The number of carbonyl (C=O) groups excluding carboxylic acids is 1. The van der Waals surface area contributed by atoms with Gasteiger partial charge in [0, 0.05) is 11.8 Å². The zero-order chi connectivity index (χ0) is 17.2. The molecule has 0 fully saturated rings. The Balaban J connectivity index is 1.99. The van der Waals surface area contributed by atoms with E-state index in [-0.39, 0.29) is 17.0 Å². The van der Waals surface area contributed by atoms with E-state index < -0.39 is 17.6 Å². The Bertz CT molecular complexity index is 860. The van der Waals surface area contributed by atoms with Gasteiger partial charge in [-0.2, -0.15) is 13.2 Å². The van der Waals surface area contributed by atoms with Crippen LogP contribution in [0.2, 0.25) is 0 Å². The molecule has 0 spiro atoms. The zero-order valence-corrected chi connectivity index (χ0v) is 12.0. The fourth-order valence-corrected chi connectivity index (χ4v) is 2.15. The second kappa shape index (κ2) is 6.15. The summed E-state index contributed by atoms with van der Waals surface area (Å²) >= 11 is 0. The summed E-state index contributed by atoms with van der Waals surface area (Å²) in [5, 5.41) is 2.51. The monoisotopic (exact) mass is 333 g/mol. The largest absolute Gasteiger partial charge is 0.443 e. The fraction of sp³-hybridized carbons (Fsp3) is 0.0625. The molecule has 3 aromatic rings. The number of rotatable bonds is 3. The second-order valence-electron chi connectivity index (χ2n) is 4.77. The molecule has 0 unspecified atom stereocenters. The average Bonchev–Trinajstić information content (AvgIpc) is 3.04. The van der Waals surface area contributed by atoms with Crippen LogP contribution in [0.5, 0.6) is 0 Å². The van der Waals surface area contributed by atoms with E-state index in [9.17, 15) is 18.0 Å². The van der Waals surface area contributed by atoms with Gasteiger partial charge >= 0.3 is 6.18 Å². The van der Waals surface area contributed by atoms with Crippen LogP contribution >= 0.6 is 0 Å². The lowest BCUT2D eigenvalue weighted by atomic mass is 10.0. The van der Waals surface area contributed by atoms with Gasteiger partial charge in [0.05, 0.1) is 17.4 Å². The Kier molecular flexibility index (Phi) is 4.03. The van der Waals surface area contributed by atoms with Gasteiger partial charge in [-0.15, -0.1) is 0 Å². The predicted molar refractivity (Wildman–Crippen MR) is 79.1 cm³/mol. The zero-order valence-electron chi connectivity index (χ0n) is 12.0. The summed E-state index contributed by atoms with van der Waals surface area (Å²) in [4.78, 5) is 19.9. The van der Waals surface area contributed by atoms with Crippen molar-refractivity contribution in [1.29, 1.82) is 0 Å². The summed E-state index contributed by atoms with van der Waals surface area (Å²) in [7, 11) is 0. The number of nitrogens with zero attached hydrogens (tertiary/aromatic N) is 2. The minimum atomic E-state index is -4.58. The summed E-state index contributed by atoms with van der Waals surface area (Å²) in [5.74, 6) is -0.937. The van der Waals surface area contributed by atoms with E-state index in [1.54, 1.807) is 12.1 Å². The van der Waals surface area contributed by atoms with Gasteiger partial charge in [-0.25, -0.2) is 4.98 Å². The van der Waals surface area contributed by atoms with Crippen LogP contribution in [0, 0.1) is 0 Å². The smallest absolute Gasteiger partial charge is 0.417 e. The number of nitrogens with one attached hydrogen (secondary N) is 1. The number of anilines is 1. The first-order valence-electron chi connectivity index (χ1n) is 6.78. The van der Waals surface area contributed by atoms with E-state index >= 15 is 0 Å². The minimum absolute atomic E-state index is 0.240. The summed E-state index contributed by atoms with van der Waals surface area (Å²) in [6.07, 6.45) is -0.723. The molecule has 2 aromatic heterocycles. The van der Waals surface area contributed by atoms with Gasteiger partial charge in [-0.3, -0.25) is 9.78 Å². The molecule has 0 bridgehead atoms. The highest BCUT2D eigenvalue weighted by atomic mass is 19.4. The number of halogens is 3. The number of benzene rings is 1. The van der Waals surface area contributed by atoms with Gasteiger partial charge in [0.2, 0.25) is 0 Å². The third kappa shape index (κ3) is 3.12. The highest BCUT2D eigenvalue weighted by molar-refractivity contribution is 6.06. The molecule has 0 atom stereocenters. The van der Waals surface area contributed by atoms with Crippen molar-refractivity contribution in [3.8, 4) is 11.3 Å². The maximum atomic E-state index is 13.1. The van der Waals surface area contributed by atoms with E-state index in [1.165, 1.54) is 30.6 Å². The molecule has 5 nitrogen and oxygen atoms in total. The molecule has 2 heterocycles. The lowest BCUT2D eigenvalue weighted by molar-refractivity contribution is -0.137. The van der Waals surface area contributed by atoms with Crippen molar-refractivity contribution in [2.75, 3.05) is 5.32 Å². The first-order valence-corrected chi connectivity index (χ1v) is 6.78. The van der Waals surface area contributed by atoms with Crippen LogP contribution in [0.25, 0.3) is 11.3 Å². The van der Waals surface area contributed by atoms with Crippen LogP contribution in [-0.2, 0) is 6.18 Å². The molecule has 3 rings (SSSR count). The number of aromatic nitrogens is 2. The molecule has 0 aliphatic carbocycles. The van der Waals surface area contributed by atoms with Crippen LogP contribution in [0.1, 0.15) is 16.1 Å². The number of pyridine rings is 1. The molecule has 0 radical (unpaired) electrons. The second-order valence-corrected chi connectivity index (χ2v) is 4.77. The van der Waals surface area contributed by atoms with Crippen molar-refractivity contribution < 1.29 is 22.4 Å². The normalized spacial score (nSPS) is 11.3. The number of oxazole rings is 1. The topological polar surface area (TPSA) is 68.0 Å². The van der Waals surface area contributed by atoms with Crippen molar-refractivity contribution in [3.63, 3.8) is 0 Å². The number of amides is 1. The van der Waals surface area contributed by atoms with Gasteiger partial charge in [0.25, 0.3) is 5.91 Å². The molecule has 0 saturated carbocycles. The van der Waals surface area contributed by atoms with Gasteiger partial charge in [0.1, 0.15) is 0 Å². The van der Waals surface area contributed by atoms with Crippen molar-refractivity contribution in [2.45, 2.75) is 6.18 Å². The first-order chi connectivity index (χ1) is 11.5. The third-order valence-corrected chi connectivity index (χ3v) is 3.18. The molecule has 24 heavy (non-hydrogen) atoms. The molecule has 1 aromatic carbocycles. The van der Waals surface area contributed by atoms with Crippen LogP contribution in [0.15, 0.2) is 59.6 Å². The summed E-state index contributed by atoms with van der Waals surface area (Å²) in [6.45, 7) is 0. The fourth-order valence-electron chi connectivity index (χ4n) is 2.15. The molecular formula is C16H10F3N3O2. The number of alkyl halides is 3. The van der Waals surface area contributed by atoms with Crippen molar-refractivity contribution in [3.05, 3.63) is 66.4 Å². The van der Waals surface area contributed by atoms with Crippen molar-refractivity contribution in [2.24, 2.45) is 0 Å². The average molecular weight is 333 g/mol. The van der Waals surface area contributed by atoms with Crippen LogP contribution in [-0.4, -0.2) is 15.9 Å².